The van der Waals surface area contributed by atoms with Gasteiger partial charge in [-0.05, 0) is 171 Å². The number of benzene rings is 18. The van der Waals surface area contributed by atoms with Gasteiger partial charge in [-0.2, -0.15) is 0 Å². The highest BCUT2D eigenvalue weighted by Gasteiger charge is 2.28. The summed E-state index contributed by atoms with van der Waals surface area (Å²) in [7, 11) is 0. The molecule has 0 saturated heterocycles. The quantitative estimate of drug-likeness (QED) is 0.100. The number of nitrogens with zero attached hydrogens (tertiary/aromatic N) is 2. The van der Waals surface area contributed by atoms with E-state index >= 15 is 0 Å². The van der Waals surface area contributed by atoms with E-state index in [4.69, 9.17) is 0 Å². The monoisotopic (exact) mass is 1240 g/mol. The van der Waals surface area contributed by atoms with Crippen LogP contribution in [0.5, 0.6) is 0 Å². The Balaban J connectivity index is 0.778. The summed E-state index contributed by atoms with van der Waals surface area (Å²) in [5, 5.41) is 12.2. The van der Waals surface area contributed by atoms with E-state index in [1.54, 1.807) is 0 Å². The Kier molecular flexibility index (Phi) is 14.6. The predicted octanol–water partition coefficient (Wildman–Crippen LogP) is 27.2. The summed E-state index contributed by atoms with van der Waals surface area (Å²) in [6, 6.07) is 143. The molecule has 18 aromatic carbocycles. The zero-order valence-electron chi connectivity index (χ0n) is 53.8. The van der Waals surface area contributed by atoms with E-state index in [9.17, 15) is 0 Å². The molecule has 0 fully saturated rings. The van der Waals surface area contributed by atoms with Gasteiger partial charge in [-0.25, -0.2) is 0 Å². The minimum atomic E-state index is 1.06. The normalized spacial score (nSPS) is 11.5. The maximum absolute atomic E-state index is 2.51. The van der Waals surface area contributed by atoms with Gasteiger partial charge in [0.15, 0.2) is 0 Å². The van der Waals surface area contributed by atoms with Crippen LogP contribution in [0.25, 0.3) is 143 Å². The summed E-state index contributed by atoms with van der Waals surface area (Å²) in [5.41, 5.74) is 25.1. The van der Waals surface area contributed by atoms with E-state index in [0.717, 1.165) is 101 Å². The average Bonchev–Trinajstić information content (AvgIpc) is 0.737. The van der Waals surface area contributed by atoms with Crippen LogP contribution >= 0.6 is 0 Å². The number of fused-ring (bicyclic) bond motifs is 2. The zero-order valence-corrected chi connectivity index (χ0v) is 53.8. The van der Waals surface area contributed by atoms with Crippen molar-refractivity contribution in [2.24, 2.45) is 0 Å². The van der Waals surface area contributed by atoms with Gasteiger partial charge < -0.3 is 9.80 Å². The lowest BCUT2D eigenvalue weighted by atomic mass is 9.87. The van der Waals surface area contributed by atoms with Crippen LogP contribution in [-0.2, 0) is 0 Å². The van der Waals surface area contributed by atoms with Crippen LogP contribution in [0.3, 0.4) is 0 Å². The first-order valence-corrected chi connectivity index (χ1v) is 33.8. The average molecular weight is 1250 g/mol. The third-order valence-electron chi connectivity index (χ3n) is 19.8. The van der Waals surface area contributed by atoms with E-state index in [2.05, 4.69) is 398 Å². The van der Waals surface area contributed by atoms with Crippen LogP contribution < -0.4 is 9.80 Å². The van der Waals surface area contributed by atoms with Crippen LogP contribution in [0.2, 0.25) is 0 Å². The molecular formula is C96H64N2. The molecule has 0 aromatic heterocycles. The molecule has 0 N–H and O–H groups in total. The van der Waals surface area contributed by atoms with Gasteiger partial charge in [-0.15, -0.1) is 0 Å². The Hall–Kier alpha value is -12.9. The molecule has 0 spiro atoms. The van der Waals surface area contributed by atoms with Gasteiger partial charge in [-0.1, -0.05) is 328 Å². The van der Waals surface area contributed by atoms with Crippen LogP contribution in [0, 0.1) is 0 Å². The first kappa shape index (κ1) is 57.8. The summed E-state index contributed by atoms with van der Waals surface area (Å²) in [6.07, 6.45) is 0. The standard InChI is InChI=1S/C96H64N2/c1-7-25-65(26-8-1)77-61-87(69-29-11-3-12-30-69)95(88(62-77)70-31-13-4-14-32-70)97(91-43-23-39-67-37-19-21-41-83(67)91)79-53-45-73(46-54-79)81-57-49-75-52-60-86-82(58-50-76-51-59-85(81)93(75)94(76)86)74-47-55-80(56-48-74)98(92-44-24-40-68-38-20-22-42-84(68)92)96-89(71-33-15-5-16-34-71)63-78(66-27-9-2-10-28-66)64-90(96)72-35-17-6-18-36-72/h1-64H. The molecule has 0 aliphatic rings. The summed E-state index contributed by atoms with van der Waals surface area (Å²) in [5.74, 6) is 0. The Bertz CT molecular complexity index is 5430. The van der Waals surface area contributed by atoms with Crippen LogP contribution in [-0.4, -0.2) is 0 Å². The number of hydrogen-bond acceptors (Lipinski definition) is 2. The van der Waals surface area contributed by atoms with Gasteiger partial charge in [0.25, 0.3) is 0 Å². The fourth-order valence-electron chi connectivity index (χ4n) is 15.2. The summed E-state index contributed by atoms with van der Waals surface area (Å²) < 4.78 is 0. The van der Waals surface area contributed by atoms with Crippen molar-refractivity contribution < 1.29 is 0 Å². The fourth-order valence-corrected chi connectivity index (χ4v) is 15.2. The van der Waals surface area contributed by atoms with Gasteiger partial charge >= 0.3 is 0 Å². The molecule has 0 heterocycles. The van der Waals surface area contributed by atoms with Crippen molar-refractivity contribution in [3.63, 3.8) is 0 Å². The molecule has 0 aliphatic heterocycles. The molecule has 0 radical (unpaired) electrons. The van der Waals surface area contributed by atoms with Gasteiger partial charge in [0.05, 0.1) is 22.7 Å². The number of hydrogen-bond donors (Lipinski definition) is 0. The van der Waals surface area contributed by atoms with Gasteiger partial charge in [0.2, 0.25) is 0 Å². The van der Waals surface area contributed by atoms with Crippen molar-refractivity contribution in [2.45, 2.75) is 0 Å². The van der Waals surface area contributed by atoms with E-state index in [-0.39, 0.29) is 0 Å². The number of anilines is 6. The third-order valence-corrected chi connectivity index (χ3v) is 19.8. The van der Waals surface area contributed by atoms with Crippen molar-refractivity contribution in [3.05, 3.63) is 388 Å². The molecule has 0 bridgehead atoms. The molecule has 458 valence electrons. The second kappa shape index (κ2) is 24.8. The van der Waals surface area contributed by atoms with Gasteiger partial charge in [0.1, 0.15) is 0 Å². The van der Waals surface area contributed by atoms with Gasteiger partial charge in [-0.3, -0.25) is 0 Å². The lowest BCUT2D eigenvalue weighted by Crippen LogP contribution is -2.13. The highest BCUT2D eigenvalue weighted by atomic mass is 15.2. The molecular weight excluding hydrogens is 1180 g/mol. The topological polar surface area (TPSA) is 6.48 Å². The van der Waals surface area contributed by atoms with Crippen molar-refractivity contribution in [1.29, 1.82) is 0 Å². The maximum Gasteiger partial charge on any atom is 0.0619 e. The van der Waals surface area contributed by atoms with Crippen LogP contribution in [0.4, 0.5) is 34.1 Å². The van der Waals surface area contributed by atoms with E-state index < -0.39 is 0 Å². The largest absolute Gasteiger partial charge is 0.309 e. The molecule has 2 heteroatoms. The van der Waals surface area contributed by atoms with Gasteiger partial charge in [0, 0.05) is 44.4 Å². The molecule has 0 atom stereocenters. The van der Waals surface area contributed by atoms with Crippen molar-refractivity contribution in [2.75, 3.05) is 9.80 Å². The van der Waals surface area contributed by atoms with Crippen LogP contribution in [0.15, 0.2) is 388 Å². The summed E-state index contributed by atoms with van der Waals surface area (Å²) in [4.78, 5) is 5.02. The second-order valence-corrected chi connectivity index (χ2v) is 25.4. The zero-order chi connectivity index (χ0) is 64.9. The maximum atomic E-state index is 2.51. The lowest BCUT2D eigenvalue weighted by molar-refractivity contribution is 1.30. The minimum Gasteiger partial charge on any atom is -0.309 e. The Labute approximate surface area is 571 Å². The highest BCUT2D eigenvalue weighted by molar-refractivity contribution is 6.28. The first-order chi connectivity index (χ1) is 48.6. The third kappa shape index (κ3) is 10.3. The Morgan fingerprint density at radius 3 is 0.765 bits per heavy atom. The Morgan fingerprint density at radius 1 is 0.153 bits per heavy atom. The Morgan fingerprint density at radius 2 is 0.429 bits per heavy atom. The molecule has 2 nitrogen and oxygen atoms in total. The molecule has 0 amide bonds. The van der Waals surface area contributed by atoms with E-state index in [1.807, 2.05) is 0 Å². The van der Waals surface area contributed by atoms with E-state index in [1.165, 1.54) is 76.1 Å². The number of rotatable bonds is 14. The van der Waals surface area contributed by atoms with Crippen molar-refractivity contribution >= 4 is 88.0 Å². The van der Waals surface area contributed by atoms with Crippen molar-refractivity contribution in [3.8, 4) is 89.0 Å². The van der Waals surface area contributed by atoms with E-state index in [0.29, 0.717) is 0 Å². The predicted molar refractivity (Wildman–Crippen MR) is 418 cm³/mol. The lowest BCUT2D eigenvalue weighted by Gasteiger charge is -2.32. The fraction of sp³-hybridized carbons (Fsp3) is 0. The molecule has 0 unspecified atom stereocenters. The SMILES string of the molecule is c1ccc(-c2cc(-c3ccccc3)c(N(c3ccc(-c4ccc5ccc6c(-c7ccc(N(c8c(-c9ccccc9)cc(-c9ccccc9)cc8-c8ccccc8)c8cccc9ccccc89)cc7)ccc7ccc4c5c76)cc3)c3cccc4ccccc34)c(-c3ccccc3)c2)cc1. The van der Waals surface area contributed by atoms with Crippen molar-refractivity contribution in [1.82, 2.24) is 0 Å². The molecule has 0 aliphatic carbocycles. The smallest absolute Gasteiger partial charge is 0.0619 e. The molecule has 0 saturated carbocycles. The highest BCUT2D eigenvalue weighted by Crippen LogP contribution is 2.53. The molecule has 98 heavy (non-hydrogen) atoms. The van der Waals surface area contributed by atoms with Crippen LogP contribution in [0.1, 0.15) is 0 Å². The minimum absolute atomic E-state index is 1.06. The summed E-state index contributed by atoms with van der Waals surface area (Å²) >= 11 is 0. The molecule has 18 aromatic rings. The first-order valence-electron chi connectivity index (χ1n) is 33.8. The second-order valence-electron chi connectivity index (χ2n) is 25.4. The summed E-state index contributed by atoms with van der Waals surface area (Å²) in [6.45, 7) is 0. The molecule has 18 rings (SSSR count).